The maximum absolute atomic E-state index is 12.8. The van der Waals surface area contributed by atoms with Crippen molar-refractivity contribution in [1.29, 1.82) is 0 Å². The molecule has 0 spiro atoms. The molecular weight excluding hydrogens is 320 g/mol. The van der Waals surface area contributed by atoms with E-state index in [9.17, 15) is 14.4 Å². The zero-order valence-corrected chi connectivity index (χ0v) is 15.2. The van der Waals surface area contributed by atoms with E-state index in [1.165, 1.54) is 0 Å². The molecule has 6 nitrogen and oxygen atoms in total. The number of piperidine rings is 1. The van der Waals surface area contributed by atoms with Crippen LogP contribution in [-0.2, 0) is 11.2 Å². The predicted molar refractivity (Wildman–Crippen MR) is 92.6 cm³/mol. The minimum absolute atomic E-state index is 0.0427. The number of Topliss-reactive ketones (excluding diaryl/α,β-unsaturated/α-hetero) is 1. The summed E-state index contributed by atoms with van der Waals surface area (Å²) < 4.78 is 5.76. The molecule has 1 aliphatic carbocycles. The van der Waals surface area contributed by atoms with E-state index in [1.54, 1.807) is 11.8 Å². The minimum Gasteiger partial charge on any atom is -0.455 e. The topological polar surface area (TPSA) is 79.6 Å². The van der Waals surface area contributed by atoms with Crippen molar-refractivity contribution in [3.05, 3.63) is 22.6 Å². The van der Waals surface area contributed by atoms with Gasteiger partial charge in [0.1, 0.15) is 5.76 Å². The molecule has 3 rings (SSSR count). The Morgan fingerprint density at radius 3 is 2.48 bits per heavy atom. The molecule has 6 heteroatoms. The van der Waals surface area contributed by atoms with E-state index in [0.717, 1.165) is 6.42 Å². The number of likely N-dealkylation sites (tertiary alicyclic amines) is 1. The second kappa shape index (κ2) is 7.02. The molecule has 0 aromatic carbocycles. The number of carbonyl (C=O) groups is 3. The lowest BCUT2D eigenvalue weighted by Crippen LogP contribution is -2.44. The number of hydrogen-bond acceptors (Lipinski definition) is 4. The Kier molecular flexibility index (Phi) is 4.97. The van der Waals surface area contributed by atoms with Gasteiger partial charge >= 0.3 is 0 Å². The fourth-order valence-electron chi connectivity index (χ4n) is 3.74. The molecule has 0 saturated carbocycles. The molecule has 0 atom stereocenters. The van der Waals surface area contributed by atoms with Gasteiger partial charge in [0.25, 0.3) is 5.91 Å². The molecule has 1 aromatic rings. The van der Waals surface area contributed by atoms with E-state index < -0.39 is 0 Å². The molecule has 25 heavy (non-hydrogen) atoms. The van der Waals surface area contributed by atoms with Gasteiger partial charge in [-0.1, -0.05) is 0 Å². The first-order chi connectivity index (χ1) is 11.9. The lowest BCUT2D eigenvalue weighted by Gasteiger charge is -2.31. The number of nitrogens with one attached hydrogen (secondary N) is 1. The van der Waals surface area contributed by atoms with Gasteiger partial charge < -0.3 is 14.6 Å². The molecule has 1 aromatic heterocycles. The van der Waals surface area contributed by atoms with Crippen molar-refractivity contribution in [2.75, 3.05) is 13.1 Å². The first kappa shape index (κ1) is 17.7. The van der Waals surface area contributed by atoms with Gasteiger partial charge in [-0.15, -0.1) is 0 Å². The lowest BCUT2D eigenvalue weighted by atomic mass is 9.93. The number of nitrogens with zero attached hydrogens (tertiary/aromatic N) is 1. The fourth-order valence-corrected chi connectivity index (χ4v) is 3.74. The number of fused-ring (bicyclic) bond motifs is 1. The molecule has 0 radical (unpaired) electrons. The quantitative estimate of drug-likeness (QED) is 0.912. The monoisotopic (exact) mass is 346 g/mol. The van der Waals surface area contributed by atoms with Crippen LogP contribution in [0, 0.1) is 12.8 Å². The van der Waals surface area contributed by atoms with Gasteiger partial charge in [0.05, 0.1) is 5.56 Å². The first-order valence-electron chi connectivity index (χ1n) is 9.13. The summed E-state index contributed by atoms with van der Waals surface area (Å²) >= 11 is 0. The van der Waals surface area contributed by atoms with Crippen LogP contribution in [-0.4, -0.2) is 41.6 Å². The number of amides is 2. The number of ketones is 1. The van der Waals surface area contributed by atoms with E-state index in [1.807, 2.05) is 13.8 Å². The number of hydrogen-bond donors (Lipinski definition) is 1. The van der Waals surface area contributed by atoms with Gasteiger partial charge in [-0.3, -0.25) is 14.4 Å². The Bertz CT molecular complexity index is 697. The van der Waals surface area contributed by atoms with Crippen LogP contribution in [0.3, 0.4) is 0 Å². The van der Waals surface area contributed by atoms with E-state index in [2.05, 4.69) is 5.32 Å². The largest absolute Gasteiger partial charge is 0.455 e. The first-order valence-corrected chi connectivity index (χ1v) is 9.13. The van der Waals surface area contributed by atoms with Crippen molar-refractivity contribution in [3.8, 4) is 0 Å². The van der Waals surface area contributed by atoms with Gasteiger partial charge in [0.2, 0.25) is 5.91 Å². The van der Waals surface area contributed by atoms with E-state index in [4.69, 9.17) is 4.42 Å². The number of aryl methyl sites for hydroxylation is 1. The fraction of sp³-hybridized carbons (Fsp3) is 0.632. The summed E-state index contributed by atoms with van der Waals surface area (Å²) in [7, 11) is 0. The summed E-state index contributed by atoms with van der Waals surface area (Å²) in [4.78, 5) is 38.8. The molecule has 136 valence electrons. The number of furan rings is 1. The van der Waals surface area contributed by atoms with E-state index >= 15 is 0 Å². The van der Waals surface area contributed by atoms with Gasteiger partial charge in [0, 0.05) is 43.5 Å². The Morgan fingerprint density at radius 2 is 1.88 bits per heavy atom. The second-order valence-electron chi connectivity index (χ2n) is 7.36. The Hall–Kier alpha value is -2.11. The minimum atomic E-state index is -0.164. The van der Waals surface area contributed by atoms with Crippen LogP contribution in [0.2, 0.25) is 0 Å². The van der Waals surface area contributed by atoms with Crippen molar-refractivity contribution < 1.29 is 18.8 Å². The van der Waals surface area contributed by atoms with E-state index in [0.29, 0.717) is 61.4 Å². The molecule has 2 amide bonds. The smallest absolute Gasteiger partial charge is 0.289 e. The average molecular weight is 346 g/mol. The average Bonchev–Trinajstić information content (AvgIpc) is 2.92. The maximum atomic E-state index is 12.8. The van der Waals surface area contributed by atoms with E-state index in [-0.39, 0.29) is 29.6 Å². The van der Waals surface area contributed by atoms with Crippen molar-refractivity contribution >= 4 is 17.6 Å². The van der Waals surface area contributed by atoms with Gasteiger partial charge in [-0.05, 0) is 40.0 Å². The Labute approximate surface area is 147 Å². The molecule has 1 fully saturated rings. The van der Waals surface area contributed by atoms with Crippen molar-refractivity contribution in [2.45, 2.75) is 58.9 Å². The van der Waals surface area contributed by atoms with Crippen LogP contribution < -0.4 is 5.32 Å². The normalized spacial score (nSPS) is 18.4. The molecule has 1 aliphatic heterocycles. The third kappa shape index (κ3) is 3.48. The number of rotatable bonds is 3. The second-order valence-corrected chi connectivity index (χ2v) is 7.36. The summed E-state index contributed by atoms with van der Waals surface area (Å²) in [6.45, 7) is 6.75. The lowest BCUT2D eigenvalue weighted by molar-refractivity contribution is -0.126. The highest BCUT2D eigenvalue weighted by Crippen LogP contribution is 2.30. The van der Waals surface area contributed by atoms with Crippen LogP contribution in [0.4, 0.5) is 0 Å². The third-order valence-corrected chi connectivity index (χ3v) is 5.08. The van der Waals surface area contributed by atoms with Crippen LogP contribution in [0.15, 0.2) is 4.42 Å². The van der Waals surface area contributed by atoms with Crippen molar-refractivity contribution in [2.24, 2.45) is 5.92 Å². The van der Waals surface area contributed by atoms with Crippen LogP contribution in [0.1, 0.15) is 71.8 Å². The van der Waals surface area contributed by atoms with Gasteiger partial charge in [-0.25, -0.2) is 0 Å². The highest BCUT2D eigenvalue weighted by atomic mass is 16.4. The summed E-state index contributed by atoms with van der Waals surface area (Å²) in [5.74, 6) is 0.887. The molecule has 1 saturated heterocycles. The molecule has 2 aliphatic rings. The predicted octanol–water partition coefficient (Wildman–Crippen LogP) is 2.48. The van der Waals surface area contributed by atoms with Crippen LogP contribution >= 0.6 is 0 Å². The van der Waals surface area contributed by atoms with Gasteiger partial charge in [-0.2, -0.15) is 0 Å². The summed E-state index contributed by atoms with van der Waals surface area (Å²) in [5.41, 5.74) is 1.28. The molecule has 2 heterocycles. The Balaban J connectivity index is 1.68. The maximum Gasteiger partial charge on any atom is 0.289 e. The number of carbonyl (C=O) groups excluding carboxylic acids is 3. The third-order valence-electron chi connectivity index (χ3n) is 5.08. The molecule has 1 N–H and O–H groups in total. The summed E-state index contributed by atoms with van der Waals surface area (Å²) in [6, 6.07) is 0.127. The summed E-state index contributed by atoms with van der Waals surface area (Å²) in [5, 5.41) is 2.94. The SMILES string of the molecule is Cc1c(C(=O)N2CCC(C(=O)NC(C)C)CC2)oc2c1C(=O)CCC2. The van der Waals surface area contributed by atoms with Gasteiger partial charge in [0.15, 0.2) is 11.5 Å². The van der Waals surface area contributed by atoms with Crippen molar-refractivity contribution in [3.63, 3.8) is 0 Å². The highest BCUT2D eigenvalue weighted by molar-refractivity contribution is 6.03. The highest BCUT2D eigenvalue weighted by Gasteiger charge is 2.33. The zero-order valence-electron chi connectivity index (χ0n) is 15.2. The van der Waals surface area contributed by atoms with Crippen LogP contribution in [0.5, 0.6) is 0 Å². The molecular formula is C19H26N2O4. The summed E-state index contributed by atoms with van der Waals surface area (Å²) in [6.07, 6.45) is 3.33. The van der Waals surface area contributed by atoms with Crippen molar-refractivity contribution in [1.82, 2.24) is 10.2 Å². The molecule has 0 unspecified atom stereocenters. The Morgan fingerprint density at radius 1 is 1.20 bits per heavy atom. The zero-order chi connectivity index (χ0) is 18.1. The van der Waals surface area contributed by atoms with Crippen LogP contribution in [0.25, 0.3) is 0 Å². The molecule has 0 bridgehead atoms. The standard InChI is InChI=1S/C19H26N2O4/c1-11(2)20-18(23)13-7-9-21(10-8-13)19(24)17-12(3)16-14(22)5-4-6-15(16)25-17/h11,13H,4-10H2,1-3H3,(H,20,23).